The number of hydrogen-bond donors (Lipinski definition) is 17. The highest BCUT2D eigenvalue weighted by atomic mass is 16.3. The molecule has 7 aromatic carbocycles. The summed E-state index contributed by atoms with van der Waals surface area (Å²) in [4.78, 5) is 11.6. The van der Waals surface area contributed by atoms with Crippen LogP contribution in [0.1, 0.15) is 52.3 Å². The predicted octanol–water partition coefficient (Wildman–Crippen LogP) is 5.14. The Morgan fingerprint density at radius 1 is 0.322 bits per heavy atom. The second kappa shape index (κ2) is 35.8. The summed E-state index contributed by atoms with van der Waals surface area (Å²) >= 11 is 0. The zero-order valence-electron chi connectivity index (χ0n) is 50.0. The molecule has 18 heteroatoms. The van der Waals surface area contributed by atoms with Crippen molar-refractivity contribution < 1.29 is 40.5 Å². The van der Waals surface area contributed by atoms with Crippen molar-refractivity contribution in [1.82, 2.24) is 42.5 Å². The number of carbonyl (C=O) groups is 1. The Bertz CT molecular complexity index is 3030. The number of aromatic hydroxyl groups is 7. The van der Waals surface area contributed by atoms with Crippen molar-refractivity contribution in [2.45, 2.75) is 107 Å². The standard InChI is InChI=1S/C69H92N10O8/c1-47(39-74-58(35-51-8-22-65(83)23-9-51)43-78-60(37-53-12-26-67(85)27-13-53)45-76-56(41-72-31-30-69(71)87)33-49-4-18-63(81)19-5-49)73-42-57(34-50-6-20-64(82)21-7-50)77-46-61(38-54-14-28-68(86)29-15-54)79-44-59(36-52-10-24-66(84)25-11-52)75-40-55(70)32-48-2-16-62(80)17-3-48/h2-29,47,55-61,72-86H,30-46,70H2,1H3,(H2,71,87)/t47-,55-,56-,57-,58-,59-,60-,61-/m0/s1. The van der Waals surface area contributed by atoms with E-state index < -0.39 is 0 Å². The van der Waals surface area contributed by atoms with E-state index in [0.717, 1.165) is 38.9 Å². The number of primary amides is 1. The van der Waals surface area contributed by atoms with Gasteiger partial charge >= 0.3 is 0 Å². The van der Waals surface area contributed by atoms with Crippen molar-refractivity contribution >= 4 is 5.91 Å². The maximum atomic E-state index is 11.6. The Morgan fingerprint density at radius 2 is 0.540 bits per heavy atom. The first-order valence-corrected chi connectivity index (χ1v) is 30.4. The Labute approximate surface area is 512 Å². The van der Waals surface area contributed by atoms with Crippen LogP contribution in [-0.2, 0) is 49.7 Å². The lowest BCUT2D eigenvalue weighted by Gasteiger charge is -2.29. The third-order valence-corrected chi connectivity index (χ3v) is 15.6. The lowest BCUT2D eigenvalue weighted by atomic mass is 10.0. The molecule has 0 saturated carbocycles. The third-order valence-electron chi connectivity index (χ3n) is 15.6. The smallest absolute Gasteiger partial charge is 0.218 e. The molecule has 0 fully saturated rings. The van der Waals surface area contributed by atoms with Crippen molar-refractivity contribution in [3.8, 4) is 40.2 Å². The summed E-state index contributed by atoms with van der Waals surface area (Å²) in [5.74, 6) is 1.06. The SMILES string of the molecule is C[C@@H](CN[C@H](CN[C@H](CN[C@H](CNCCC(N)=O)Cc1ccc(O)cc1)Cc1ccc(O)cc1)Cc1ccc(O)cc1)NC[C@H](Cc1ccc(O)cc1)NC[C@H](Cc1ccc(O)cc1)NC[C@H](Cc1ccc(O)cc1)NC[C@@H](N)Cc1ccc(O)cc1. The first-order chi connectivity index (χ1) is 42.0. The number of nitrogens with two attached hydrogens (primary N) is 2. The topological polar surface area (TPSA) is 307 Å². The fourth-order valence-electron chi connectivity index (χ4n) is 10.6. The molecule has 19 N–H and O–H groups in total. The second-order valence-electron chi connectivity index (χ2n) is 23.2. The van der Waals surface area contributed by atoms with Crippen molar-refractivity contribution in [2.75, 3.05) is 58.9 Å². The summed E-state index contributed by atoms with van der Waals surface area (Å²) in [5, 5.41) is 101. The van der Waals surface area contributed by atoms with Crippen LogP contribution in [-0.4, -0.2) is 149 Å². The van der Waals surface area contributed by atoms with Gasteiger partial charge < -0.3 is 89.7 Å². The quantitative estimate of drug-likeness (QED) is 0.0221. The van der Waals surface area contributed by atoms with Crippen LogP contribution in [0.4, 0.5) is 0 Å². The monoisotopic (exact) mass is 1190 g/mol. The minimum atomic E-state index is -0.367. The molecule has 0 unspecified atom stereocenters. The van der Waals surface area contributed by atoms with Crippen LogP contribution in [0.3, 0.4) is 0 Å². The number of hydrogen-bond acceptors (Lipinski definition) is 17. The molecular formula is C69H92N10O8. The van der Waals surface area contributed by atoms with Crippen LogP contribution < -0.4 is 54.0 Å². The molecule has 0 radical (unpaired) electrons. The van der Waals surface area contributed by atoms with Crippen LogP contribution in [0.15, 0.2) is 170 Å². The van der Waals surface area contributed by atoms with Gasteiger partial charge in [0.25, 0.3) is 0 Å². The first kappa shape index (κ1) is 66.8. The molecule has 87 heavy (non-hydrogen) atoms. The molecule has 466 valence electrons. The van der Waals surface area contributed by atoms with E-state index in [0.29, 0.717) is 104 Å². The minimum Gasteiger partial charge on any atom is -0.508 e. The number of phenolic OH excluding ortho intramolecular Hbond substituents is 7. The Balaban J connectivity index is 1.03. The molecule has 8 atom stereocenters. The van der Waals surface area contributed by atoms with Crippen molar-refractivity contribution in [1.29, 1.82) is 0 Å². The first-order valence-electron chi connectivity index (χ1n) is 30.4. The van der Waals surface area contributed by atoms with E-state index in [1.807, 2.05) is 84.9 Å². The van der Waals surface area contributed by atoms with E-state index in [9.17, 15) is 40.5 Å². The van der Waals surface area contributed by atoms with E-state index >= 15 is 0 Å². The van der Waals surface area contributed by atoms with E-state index in [2.05, 4.69) is 49.5 Å². The number of rotatable bonds is 40. The van der Waals surface area contributed by atoms with Crippen molar-refractivity contribution in [3.63, 3.8) is 0 Å². The fourth-order valence-corrected chi connectivity index (χ4v) is 10.6. The number of benzene rings is 7. The van der Waals surface area contributed by atoms with Crippen molar-refractivity contribution in [3.05, 3.63) is 209 Å². The Hall–Kier alpha value is -7.75. The normalized spacial score (nSPS) is 14.4. The van der Waals surface area contributed by atoms with Crippen LogP contribution in [0.2, 0.25) is 0 Å². The van der Waals surface area contributed by atoms with Gasteiger partial charge in [0.15, 0.2) is 0 Å². The molecule has 1 amide bonds. The molecule has 7 aromatic rings. The summed E-state index contributed by atoms with van der Waals surface area (Å²) < 4.78 is 0. The molecule has 0 saturated heterocycles. The summed E-state index contributed by atoms with van der Waals surface area (Å²) in [6.45, 7) is 7.45. The van der Waals surface area contributed by atoms with Gasteiger partial charge in [-0.25, -0.2) is 0 Å². The average Bonchev–Trinajstić information content (AvgIpc) is 3.70. The summed E-state index contributed by atoms with van der Waals surface area (Å²) in [5.41, 5.74) is 19.6. The third kappa shape index (κ3) is 26.0. The summed E-state index contributed by atoms with van der Waals surface area (Å²) in [6, 6.07) is 50.6. The maximum absolute atomic E-state index is 11.6. The molecule has 7 rings (SSSR count). The van der Waals surface area contributed by atoms with E-state index in [4.69, 9.17) is 11.5 Å². The molecule has 0 aromatic heterocycles. The van der Waals surface area contributed by atoms with Crippen LogP contribution in [0.5, 0.6) is 40.2 Å². The minimum absolute atomic E-state index is 0.0187. The highest BCUT2D eigenvalue weighted by molar-refractivity contribution is 5.73. The molecule has 0 heterocycles. The number of phenols is 7. The molecule has 0 aliphatic rings. The van der Waals surface area contributed by atoms with Gasteiger partial charge in [-0.2, -0.15) is 0 Å². The molecule has 0 spiro atoms. The molecule has 18 nitrogen and oxygen atoms in total. The zero-order valence-corrected chi connectivity index (χ0v) is 50.0. The van der Waals surface area contributed by atoms with Gasteiger partial charge in [0.1, 0.15) is 40.2 Å². The number of nitrogens with one attached hydrogen (secondary N) is 8. The second-order valence-corrected chi connectivity index (χ2v) is 23.2. The van der Waals surface area contributed by atoms with Gasteiger partial charge in [-0.05, 0) is 176 Å². The van der Waals surface area contributed by atoms with Gasteiger partial charge in [0.05, 0.1) is 0 Å². The largest absolute Gasteiger partial charge is 0.508 e. The molecule has 0 aliphatic heterocycles. The van der Waals surface area contributed by atoms with Crippen LogP contribution in [0, 0.1) is 0 Å². The highest BCUT2D eigenvalue weighted by Gasteiger charge is 2.22. The Kier molecular flexibility index (Phi) is 27.5. The fraction of sp³-hybridized carbons (Fsp3) is 0.377. The van der Waals surface area contributed by atoms with Crippen LogP contribution >= 0.6 is 0 Å². The van der Waals surface area contributed by atoms with Gasteiger partial charge in [-0.1, -0.05) is 84.9 Å². The lowest BCUT2D eigenvalue weighted by molar-refractivity contribution is -0.117. The summed E-state index contributed by atoms with van der Waals surface area (Å²) in [7, 11) is 0. The summed E-state index contributed by atoms with van der Waals surface area (Å²) in [6.07, 6.45) is 4.95. The highest BCUT2D eigenvalue weighted by Crippen LogP contribution is 2.19. The van der Waals surface area contributed by atoms with Crippen LogP contribution in [0.25, 0.3) is 0 Å². The maximum Gasteiger partial charge on any atom is 0.218 e. The van der Waals surface area contributed by atoms with Gasteiger partial charge in [-0.3, -0.25) is 4.79 Å². The van der Waals surface area contributed by atoms with E-state index in [1.54, 1.807) is 84.9 Å². The molecular weight excluding hydrogens is 1100 g/mol. The van der Waals surface area contributed by atoms with Gasteiger partial charge in [0, 0.05) is 114 Å². The van der Waals surface area contributed by atoms with Crippen molar-refractivity contribution in [2.24, 2.45) is 11.5 Å². The zero-order chi connectivity index (χ0) is 61.8. The lowest BCUT2D eigenvalue weighted by Crippen LogP contribution is -2.53. The molecule has 0 bridgehead atoms. The number of amides is 1. The van der Waals surface area contributed by atoms with Gasteiger partial charge in [0.2, 0.25) is 5.91 Å². The molecule has 0 aliphatic carbocycles. The van der Waals surface area contributed by atoms with E-state index in [1.165, 1.54) is 0 Å². The van der Waals surface area contributed by atoms with E-state index in [-0.39, 0.29) is 101 Å². The average molecular weight is 1190 g/mol. The predicted molar refractivity (Wildman–Crippen MR) is 346 cm³/mol. The number of carbonyl (C=O) groups excluding carboxylic acids is 1. The Morgan fingerprint density at radius 3 is 0.805 bits per heavy atom. The van der Waals surface area contributed by atoms with Gasteiger partial charge in [-0.15, -0.1) is 0 Å².